The highest BCUT2D eigenvalue weighted by Crippen LogP contribution is 2.35. The molecule has 3 rings (SSSR count). The van der Waals surface area contributed by atoms with E-state index in [2.05, 4.69) is 25.9 Å². The molecule has 21 heavy (non-hydrogen) atoms. The van der Waals surface area contributed by atoms with Gasteiger partial charge in [-0.2, -0.15) is 0 Å². The Kier molecular flexibility index (Phi) is 4.64. The Morgan fingerprint density at radius 2 is 1.76 bits per heavy atom. The van der Waals surface area contributed by atoms with Gasteiger partial charge >= 0.3 is 0 Å². The van der Waals surface area contributed by atoms with Gasteiger partial charge in [0.15, 0.2) is 0 Å². The average molecular weight is 389 g/mol. The van der Waals surface area contributed by atoms with E-state index < -0.39 is 0 Å². The fraction of sp³-hybridized carbons (Fsp3) is 0.286. The maximum atomic E-state index is 6.33. The van der Waals surface area contributed by atoms with Crippen LogP contribution in [0.4, 0.5) is 5.95 Å². The van der Waals surface area contributed by atoms with Crippen molar-refractivity contribution in [3.63, 3.8) is 0 Å². The number of hydrogen-bond donors (Lipinski definition) is 0. The van der Waals surface area contributed by atoms with Crippen LogP contribution in [0.5, 0.6) is 0 Å². The second kappa shape index (κ2) is 6.48. The van der Waals surface area contributed by atoms with Crippen LogP contribution < -0.4 is 4.90 Å². The quantitative estimate of drug-likeness (QED) is 0.727. The Morgan fingerprint density at radius 1 is 1.10 bits per heavy atom. The summed E-state index contributed by atoms with van der Waals surface area (Å²) in [6, 6.07) is 7.72. The molecule has 1 aromatic carbocycles. The molecule has 0 bridgehead atoms. The molecule has 0 aliphatic carbocycles. The predicted molar refractivity (Wildman–Crippen MR) is 88.2 cm³/mol. The lowest BCUT2D eigenvalue weighted by Crippen LogP contribution is -2.37. The van der Waals surface area contributed by atoms with Crippen LogP contribution in [0.25, 0.3) is 11.1 Å². The Morgan fingerprint density at radius 3 is 2.38 bits per heavy atom. The SMILES string of the molecule is Clc1nc(N2CCOCC2)nc(Cl)c1-c1cccc(Br)c1. The van der Waals surface area contributed by atoms with Crippen LogP contribution in [0.15, 0.2) is 28.7 Å². The topological polar surface area (TPSA) is 38.2 Å². The molecule has 0 atom stereocenters. The molecular formula is C14H12BrCl2N3O. The van der Waals surface area contributed by atoms with Gasteiger partial charge in [-0.3, -0.25) is 0 Å². The zero-order valence-electron chi connectivity index (χ0n) is 11.0. The zero-order chi connectivity index (χ0) is 14.8. The second-order valence-electron chi connectivity index (χ2n) is 4.59. The van der Waals surface area contributed by atoms with Crippen LogP contribution in [0.2, 0.25) is 10.3 Å². The summed E-state index contributed by atoms with van der Waals surface area (Å²) < 4.78 is 6.27. The van der Waals surface area contributed by atoms with Gasteiger partial charge in [0, 0.05) is 17.6 Å². The summed E-state index contributed by atoms with van der Waals surface area (Å²) in [5, 5.41) is 0.712. The lowest BCUT2D eigenvalue weighted by molar-refractivity contribution is 0.122. The molecule has 110 valence electrons. The van der Waals surface area contributed by atoms with Crippen molar-refractivity contribution in [2.24, 2.45) is 0 Å². The first-order chi connectivity index (χ1) is 10.1. The van der Waals surface area contributed by atoms with E-state index in [4.69, 9.17) is 27.9 Å². The van der Waals surface area contributed by atoms with Crippen LogP contribution >= 0.6 is 39.1 Å². The summed E-state index contributed by atoms with van der Waals surface area (Å²) in [6.45, 7) is 2.80. The molecule has 1 aromatic heterocycles. The minimum Gasteiger partial charge on any atom is -0.378 e. The first-order valence-corrected chi connectivity index (χ1v) is 8.02. The van der Waals surface area contributed by atoms with Gasteiger partial charge < -0.3 is 9.64 Å². The minimum atomic E-state index is 0.356. The molecule has 7 heteroatoms. The molecule has 0 spiro atoms. The predicted octanol–water partition coefficient (Wildman–Crippen LogP) is 4.05. The van der Waals surface area contributed by atoms with Gasteiger partial charge in [-0.1, -0.05) is 51.3 Å². The van der Waals surface area contributed by atoms with Crippen LogP contribution in [0, 0.1) is 0 Å². The molecule has 2 heterocycles. The molecule has 1 aliphatic heterocycles. The Labute approximate surface area is 141 Å². The van der Waals surface area contributed by atoms with Crippen molar-refractivity contribution in [2.75, 3.05) is 31.2 Å². The van der Waals surface area contributed by atoms with Crippen molar-refractivity contribution < 1.29 is 4.74 Å². The molecule has 0 radical (unpaired) electrons. The third-order valence-corrected chi connectivity index (χ3v) is 4.26. The number of halogens is 3. The fourth-order valence-electron chi connectivity index (χ4n) is 2.18. The standard InChI is InChI=1S/C14H12BrCl2N3O/c15-10-3-1-2-9(8-10)11-12(16)18-14(19-13(11)17)20-4-6-21-7-5-20/h1-3,8H,4-7H2. The molecular weight excluding hydrogens is 377 g/mol. The highest BCUT2D eigenvalue weighted by atomic mass is 79.9. The summed E-state index contributed by atoms with van der Waals surface area (Å²) >= 11 is 16.1. The molecule has 0 saturated carbocycles. The Balaban J connectivity index is 2.00. The summed E-state index contributed by atoms with van der Waals surface area (Å²) in [7, 11) is 0. The molecule has 0 N–H and O–H groups in total. The van der Waals surface area contributed by atoms with E-state index in [1.807, 2.05) is 29.2 Å². The van der Waals surface area contributed by atoms with Gasteiger partial charge in [0.1, 0.15) is 10.3 Å². The molecule has 1 aliphatic rings. The second-order valence-corrected chi connectivity index (χ2v) is 6.22. The normalized spacial score (nSPS) is 15.3. The number of benzene rings is 1. The van der Waals surface area contributed by atoms with Crippen molar-refractivity contribution in [3.05, 3.63) is 39.0 Å². The third kappa shape index (κ3) is 3.31. The number of nitrogens with zero attached hydrogens (tertiary/aromatic N) is 3. The molecule has 1 saturated heterocycles. The van der Waals surface area contributed by atoms with Crippen molar-refractivity contribution in [3.8, 4) is 11.1 Å². The Bertz CT molecular complexity index is 639. The zero-order valence-corrected chi connectivity index (χ0v) is 14.1. The van der Waals surface area contributed by atoms with E-state index in [-0.39, 0.29) is 0 Å². The van der Waals surface area contributed by atoms with Gasteiger partial charge in [0.25, 0.3) is 0 Å². The molecule has 0 amide bonds. The van der Waals surface area contributed by atoms with E-state index in [1.54, 1.807) is 0 Å². The summed E-state index contributed by atoms with van der Waals surface area (Å²) in [5.74, 6) is 0.548. The monoisotopic (exact) mass is 387 g/mol. The summed E-state index contributed by atoms with van der Waals surface area (Å²) in [6.07, 6.45) is 0. The first kappa shape index (κ1) is 15.0. The van der Waals surface area contributed by atoms with Crippen LogP contribution in [-0.2, 0) is 4.74 Å². The number of aromatic nitrogens is 2. The first-order valence-electron chi connectivity index (χ1n) is 6.47. The number of morpholine rings is 1. The lowest BCUT2D eigenvalue weighted by Gasteiger charge is -2.27. The van der Waals surface area contributed by atoms with E-state index >= 15 is 0 Å². The van der Waals surface area contributed by atoms with E-state index in [9.17, 15) is 0 Å². The minimum absolute atomic E-state index is 0.356. The number of rotatable bonds is 2. The number of hydrogen-bond acceptors (Lipinski definition) is 4. The van der Waals surface area contributed by atoms with Crippen LogP contribution in [0.3, 0.4) is 0 Å². The van der Waals surface area contributed by atoms with E-state index in [0.717, 1.165) is 23.1 Å². The highest BCUT2D eigenvalue weighted by Gasteiger charge is 2.19. The highest BCUT2D eigenvalue weighted by molar-refractivity contribution is 9.10. The Hall–Kier alpha value is -0.880. The van der Waals surface area contributed by atoms with E-state index in [1.165, 1.54) is 0 Å². The van der Waals surface area contributed by atoms with Crippen LogP contribution in [0.1, 0.15) is 0 Å². The fourth-order valence-corrected chi connectivity index (χ4v) is 3.18. The van der Waals surface area contributed by atoms with Gasteiger partial charge in [0.2, 0.25) is 5.95 Å². The van der Waals surface area contributed by atoms with Gasteiger partial charge in [0.05, 0.1) is 18.8 Å². The molecule has 2 aromatic rings. The summed E-state index contributed by atoms with van der Waals surface area (Å²) in [5.41, 5.74) is 1.53. The number of ether oxygens (including phenoxy) is 1. The van der Waals surface area contributed by atoms with E-state index in [0.29, 0.717) is 35.0 Å². The lowest BCUT2D eigenvalue weighted by atomic mass is 10.1. The smallest absolute Gasteiger partial charge is 0.228 e. The van der Waals surface area contributed by atoms with Crippen molar-refractivity contribution in [2.45, 2.75) is 0 Å². The van der Waals surface area contributed by atoms with Crippen molar-refractivity contribution in [1.29, 1.82) is 0 Å². The van der Waals surface area contributed by atoms with Crippen molar-refractivity contribution >= 4 is 45.1 Å². The summed E-state index contributed by atoms with van der Waals surface area (Å²) in [4.78, 5) is 10.8. The van der Waals surface area contributed by atoms with Gasteiger partial charge in [-0.05, 0) is 17.7 Å². The average Bonchev–Trinajstić information content (AvgIpc) is 2.47. The number of anilines is 1. The third-order valence-electron chi connectivity index (χ3n) is 3.22. The van der Waals surface area contributed by atoms with Crippen LogP contribution in [-0.4, -0.2) is 36.3 Å². The largest absolute Gasteiger partial charge is 0.378 e. The molecule has 4 nitrogen and oxygen atoms in total. The maximum absolute atomic E-state index is 6.33. The maximum Gasteiger partial charge on any atom is 0.228 e. The molecule has 0 unspecified atom stereocenters. The molecule has 1 fully saturated rings. The van der Waals surface area contributed by atoms with Crippen molar-refractivity contribution in [1.82, 2.24) is 9.97 Å². The van der Waals surface area contributed by atoms with Gasteiger partial charge in [-0.15, -0.1) is 0 Å². The van der Waals surface area contributed by atoms with Gasteiger partial charge in [-0.25, -0.2) is 9.97 Å².